The van der Waals surface area contributed by atoms with Crippen molar-refractivity contribution >= 4 is 11.6 Å². The first kappa shape index (κ1) is 15.7. The van der Waals surface area contributed by atoms with Crippen molar-refractivity contribution in [3.8, 4) is 11.5 Å². The van der Waals surface area contributed by atoms with Crippen LogP contribution in [0, 0.1) is 0 Å². The Hall–Kier alpha value is -1.72. The molecule has 6 heteroatoms. The van der Waals surface area contributed by atoms with Gasteiger partial charge in [0.2, 0.25) is 0 Å². The Balaban J connectivity index is 1.83. The molecular formula is C15H20ClN3O2. The van der Waals surface area contributed by atoms with Crippen molar-refractivity contribution < 1.29 is 9.47 Å². The Kier molecular flexibility index (Phi) is 5.90. The molecule has 0 unspecified atom stereocenters. The first-order chi connectivity index (χ1) is 10.3. The van der Waals surface area contributed by atoms with E-state index in [-0.39, 0.29) is 0 Å². The highest BCUT2D eigenvalue weighted by atomic mass is 35.5. The number of aromatic nitrogens is 2. The van der Waals surface area contributed by atoms with Gasteiger partial charge in [-0.15, -0.1) is 0 Å². The molecule has 0 aliphatic carbocycles. The molecule has 2 aromatic rings. The second-order valence-electron chi connectivity index (χ2n) is 4.57. The summed E-state index contributed by atoms with van der Waals surface area (Å²) in [4.78, 5) is 0. The number of halogens is 1. The van der Waals surface area contributed by atoms with Gasteiger partial charge in [-0.3, -0.25) is 4.68 Å². The molecule has 1 N–H and O–H groups in total. The highest BCUT2D eigenvalue weighted by Gasteiger charge is 2.12. The molecular weight excluding hydrogens is 290 g/mol. The van der Waals surface area contributed by atoms with Gasteiger partial charge in [-0.1, -0.05) is 17.7 Å². The van der Waals surface area contributed by atoms with E-state index in [2.05, 4.69) is 10.4 Å². The zero-order valence-electron chi connectivity index (χ0n) is 12.3. The van der Waals surface area contributed by atoms with Crippen molar-refractivity contribution in [1.82, 2.24) is 15.1 Å². The van der Waals surface area contributed by atoms with Crippen LogP contribution in [0.4, 0.5) is 0 Å². The van der Waals surface area contributed by atoms with Gasteiger partial charge in [0, 0.05) is 25.5 Å². The van der Waals surface area contributed by atoms with Gasteiger partial charge in [0.1, 0.15) is 0 Å². The quantitative estimate of drug-likeness (QED) is 0.762. The van der Waals surface area contributed by atoms with Crippen LogP contribution >= 0.6 is 11.6 Å². The fraction of sp³-hybridized carbons (Fsp3) is 0.400. The molecule has 1 aromatic heterocycles. The summed E-state index contributed by atoms with van der Waals surface area (Å²) < 4.78 is 12.4. The molecule has 0 saturated heterocycles. The average Bonchev–Trinajstić information content (AvgIpc) is 3.01. The van der Waals surface area contributed by atoms with Gasteiger partial charge >= 0.3 is 0 Å². The number of benzene rings is 1. The molecule has 0 aliphatic rings. The minimum atomic E-state index is 0.579. The molecule has 0 radical (unpaired) electrons. The van der Waals surface area contributed by atoms with Gasteiger partial charge in [-0.2, -0.15) is 5.10 Å². The minimum absolute atomic E-state index is 0.579. The lowest BCUT2D eigenvalue weighted by Gasteiger charge is -2.13. The lowest BCUT2D eigenvalue weighted by Crippen LogP contribution is -2.17. The summed E-state index contributed by atoms with van der Waals surface area (Å²) in [5.74, 6) is 1.22. The SMILES string of the molecule is COc1ccc(CNCCCn2cccn2)c(Cl)c1OC. The summed E-state index contributed by atoms with van der Waals surface area (Å²) in [6.07, 6.45) is 4.76. The standard InChI is InChI=1S/C15H20ClN3O2/c1-20-13-6-5-12(14(16)15(13)21-2)11-17-7-3-9-19-10-4-8-18-19/h4-6,8,10,17H,3,7,9,11H2,1-2H3. The summed E-state index contributed by atoms with van der Waals surface area (Å²) in [7, 11) is 3.19. The molecule has 0 atom stereocenters. The van der Waals surface area contributed by atoms with Gasteiger partial charge < -0.3 is 14.8 Å². The molecule has 0 aliphatic heterocycles. The first-order valence-electron chi connectivity index (χ1n) is 6.83. The molecule has 0 amide bonds. The Morgan fingerprint density at radius 1 is 1.29 bits per heavy atom. The van der Waals surface area contributed by atoms with Crippen LogP contribution in [0.15, 0.2) is 30.6 Å². The molecule has 0 saturated carbocycles. The number of hydrogen-bond donors (Lipinski definition) is 1. The summed E-state index contributed by atoms with van der Waals surface area (Å²) in [6, 6.07) is 5.74. The average molecular weight is 310 g/mol. The second kappa shape index (κ2) is 7.90. The number of ether oxygens (including phenoxy) is 2. The third-order valence-corrected chi connectivity index (χ3v) is 3.59. The zero-order valence-corrected chi connectivity index (χ0v) is 13.1. The third-order valence-electron chi connectivity index (χ3n) is 3.18. The van der Waals surface area contributed by atoms with E-state index in [1.165, 1.54) is 0 Å². The number of hydrogen-bond acceptors (Lipinski definition) is 4. The lowest BCUT2D eigenvalue weighted by molar-refractivity contribution is 0.354. The maximum Gasteiger partial charge on any atom is 0.179 e. The highest BCUT2D eigenvalue weighted by molar-refractivity contribution is 6.33. The van der Waals surface area contributed by atoms with Crippen LogP contribution in [0.25, 0.3) is 0 Å². The summed E-state index contributed by atoms with van der Waals surface area (Å²) in [5, 5.41) is 8.13. The summed E-state index contributed by atoms with van der Waals surface area (Å²) in [5.41, 5.74) is 0.994. The van der Waals surface area contributed by atoms with E-state index in [1.54, 1.807) is 20.4 Å². The van der Waals surface area contributed by atoms with Crippen LogP contribution < -0.4 is 14.8 Å². The molecule has 1 aromatic carbocycles. The Morgan fingerprint density at radius 2 is 2.14 bits per heavy atom. The molecule has 21 heavy (non-hydrogen) atoms. The largest absolute Gasteiger partial charge is 0.493 e. The van der Waals surface area contributed by atoms with Crippen LogP contribution in [0.5, 0.6) is 11.5 Å². The van der Waals surface area contributed by atoms with E-state index in [0.717, 1.165) is 25.1 Å². The second-order valence-corrected chi connectivity index (χ2v) is 4.95. The van der Waals surface area contributed by atoms with Crippen LogP contribution in [-0.2, 0) is 13.1 Å². The van der Waals surface area contributed by atoms with Gasteiger partial charge in [0.15, 0.2) is 11.5 Å². The Morgan fingerprint density at radius 3 is 2.81 bits per heavy atom. The normalized spacial score (nSPS) is 10.6. The van der Waals surface area contributed by atoms with Crippen molar-refractivity contribution in [1.29, 1.82) is 0 Å². The molecule has 114 valence electrons. The fourth-order valence-electron chi connectivity index (χ4n) is 2.09. The summed E-state index contributed by atoms with van der Waals surface area (Å²) >= 11 is 6.33. The van der Waals surface area contributed by atoms with Crippen LogP contribution in [0.3, 0.4) is 0 Å². The molecule has 2 rings (SSSR count). The number of methoxy groups -OCH3 is 2. The molecule has 0 bridgehead atoms. The maximum atomic E-state index is 6.33. The number of nitrogens with zero attached hydrogens (tertiary/aromatic N) is 2. The molecule has 0 fully saturated rings. The minimum Gasteiger partial charge on any atom is -0.493 e. The number of rotatable bonds is 8. The highest BCUT2D eigenvalue weighted by Crippen LogP contribution is 2.37. The van der Waals surface area contributed by atoms with E-state index in [9.17, 15) is 0 Å². The van der Waals surface area contributed by atoms with Crippen LogP contribution in [0.1, 0.15) is 12.0 Å². The van der Waals surface area contributed by atoms with Crippen molar-refractivity contribution in [2.24, 2.45) is 0 Å². The maximum absolute atomic E-state index is 6.33. The van der Waals surface area contributed by atoms with E-state index in [1.807, 2.05) is 29.1 Å². The van der Waals surface area contributed by atoms with E-state index in [4.69, 9.17) is 21.1 Å². The number of aryl methyl sites for hydroxylation is 1. The third kappa shape index (κ3) is 4.12. The lowest BCUT2D eigenvalue weighted by atomic mass is 10.2. The Labute approximate surface area is 129 Å². The van der Waals surface area contributed by atoms with E-state index >= 15 is 0 Å². The van der Waals surface area contributed by atoms with Crippen molar-refractivity contribution in [2.75, 3.05) is 20.8 Å². The smallest absolute Gasteiger partial charge is 0.179 e. The fourth-order valence-corrected chi connectivity index (χ4v) is 2.39. The zero-order chi connectivity index (χ0) is 15.1. The van der Waals surface area contributed by atoms with Gasteiger partial charge in [0.25, 0.3) is 0 Å². The molecule has 0 spiro atoms. The van der Waals surface area contributed by atoms with E-state index in [0.29, 0.717) is 23.1 Å². The van der Waals surface area contributed by atoms with Gasteiger partial charge in [0.05, 0.1) is 19.2 Å². The topological polar surface area (TPSA) is 48.3 Å². The summed E-state index contributed by atoms with van der Waals surface area (Å²) in [6.45, 7) is 2.49. The van der Waals surface area contributed by atoms with Gasteiger partial charge in [-0.05, 0) is 30.7 Å². The van der Waals surface area contributed by atoms with E-state index < -0.39 is 0 Å². The van der Waals surface area contributed by atoms with Crippen molar-refractivity contribution in [3.63, 3.8) is 0 Å². The monoisotopic (exact) mass is 309 g/mol. The predicted octanol–water partition coefficient (Wildman–Crippen LogP) is 2.73. The van der Waals surface area contributed by atoms with Crippen LogP contribution in [0.2, 0.25) is 5.02 Å². The Bertz CT molecular complexity index is 558. The predicted molar refractivity (Wildman–Crippen MR) is 83.1 cm³/mol. The first-order valence-corrected chi connectivity index (χ1v) is 7.21. The number of nitrogens with one attached hydrogen (secondary N) is 1. The molecule has 5 nitrogen and oxygen atoms in total. The molecule has 1 heterocycles. The van der Waals surface area contributed by atoms with Gasteiger partial charge in [-0.25, -0.2) is 0 Å². The van der Waals surface area contributed by atoms with Crippen molar-refractivity contribution in [3.05, 3.63) is 41.2 Å². The van der Waals surface area contributed by atoms with Crippen molar-refractivity contribution in [2.45, 2.75) is 19.5 Å². The van der Waals surface area contributed by atoms with Crippen LogP contribution in [-0.4, -0.2) is 30.5 Å².